The van der Waals surface area contributed by atoms with Crippen LogP contribution in [0.5, 0.6) is 11.5 Å². The van der Waals surface area contributed by atoms with Crippen LogP contribution in [0.25, 0.3) is 0 Å². The highest BCUT2D eigenvalue weighted by molar-refractivity contribution is 7.90. The smallest absolute Gasteiger partial charge is 0.328 e. The van der Waals surface area contributed by atoms with E-state index in [1.54, 1.807) is 88.4 Å². The first-order valence-electron chi connectivity index (χ1n) is 25.0. The quantitative estimate of drug-likeness (QED) is 0.0930. The average Bonchev–Trinajstić information content (AvgIpc) is 3.38. The second kappa shape index (κ2) is 22.8. The molecule has 0 radical (unpaired) electrons. The Morgan fingerprint density at radius 3 is 1.19 bits per heavy atom. The molecule has 396 valence electrons. The number of imide groups is 2. The van der Waals surface area contributed by atoms with Gasteiger partial charge in [0.25, 0.3) is 31.9 Å². The summed E-state index contributed by atoms with van der Waals surface area (Å²) in [5.41, 5.74) is 1.93. The summed E-state index contributed by atoms with van der Waals surface area (Å²) in [5, 5.41) is 5.47. The van der Waals surface area contributed by atoms with Crippen LogP contribution in [0.15, 0.2) is 94.7 Å². The molecule has 8 rings (SSSR count). The molecule has 2 fully saturated rings. The van der Waals surface area contributed by atoms with Gasteiger partial charge in [-0.05, 0) is 137 Å². The number of carbonyl (C=O) groups excluding carboxylic acids is 6. The van der Waals surface area contributed by atoms with Crippen LogP contribution in [0, 0.1) is 0 Å². The maximum atomic E-state index is 13.2. The maximum Gasteiger partial charge on any atom is 0.328 e. The number of methoxy groups -OCH3 is 2. The van der Waals surface area contributed by atoms with Crippen molar-refractivity contribution in [3.63, 3.8) is 0 Å². The van der Waals surface area contributed by atoms with E-state index in [4.69, 9.17) is 9.47 Å². The first-order chi connectivity index (χ1) is 35.0. The lowest BCUT2D eigenvalue weighted by Crippen LogP contribution is -2.52. The predicted octanol–water partition coefficient (Wildman–Crippen LogP) is 7.04. The summed E-state index contributed by atoms with van der Waals surface area (Å²) in [6.07, 6.45) is 10.4. The summed E-state index contributed by atoms with van der Waals surface area (Å²) in [7, 11) is -5.02. The van der Waals surface area contributed by atoms with Gasteiger partial charge >= 0.3 is 12.1 Å². The van der Waals surface area contributed by atoms with Crippen molar-refractivity contribution >= 4 is 55.7 Å². The maximum absolute atomic E-state index is 13.2. The van der Waals surface area contributed by atoms with Crippen LogP contribution in [0.4, 0.5) is 9.59 Å². The highest BCUT2D eigenvalue weighted by Gasteiger charge is 2.45. The average molecular weight is 1060 g/mol. The lowest BCUT2D eigenvalue weighted by atomic mass is 9.77. The summed E-state index contributed by atoms with van der Waals surface area (Å²) in [4.78, 5) is 79.5. The predicted molar refractivity (Wildman–Crippen MR) is 276 cm³/mol. The summed E-state index contributed by atoms with van der Waals surface area (Å²) < 4.78 is 65.3. The molecule has 4 aliphatic rings. The molecule has 2 aliphatic heterocycles. The normalized spacial score (nSPS) is 17.8. The van der Waals surface area contributed by atoms with Crippen LogP contribution >= 0.6 is 0 Å². The number of nitrogens with one attached hydrogen (secondary N) is 4. The van der Waals surface area contributed by atoms with E-state index in [2.05, 4.69) is 20.1 Å². The number of ether oxygens (including phenoxy) is 2. The van der Waals surface area contributed by atoms with Gasteiger partial charge in [0.2, 0.25) is 11.8 Å². The van der Waals surface area contributed by atoms with Gasteiger partial charge in [-0.1, -0.05) is 74.9 Å². The Morgan fingerprint density at radius 2 is 0.865 bits per heavy atom. The van der Waals surface area contributed by atoms with Gasteiger partial charge in [0.05, 0.1) is 34.8 Å². The third-order valence-electron chi connectivity index (χ3n) is 14.4. The molecule has 0 spiro atoms. The third-order valence-corrected chi connectivity index (χ3v) is 17.1. The first-order valence-corrected chi connectivity index (χ1v) is 28.0. The van der Waals surface area contributed by atoms with Crippen LogP contribution in [-0.4, -0.2) is 102 Å². The minimum Gasteiger partial charge on any atom is -0.497 e. The van der Waals surface area contributed by atoms with E-state index < -0.39 is 42.9 Å². The summed E-state index contributed by atoms with van der Waals surface area (Å²) in [5.74, 6) is -0.272. The monoisotopic (exact) mass is 1050 g/mol. The van der Waals surface area contributed by atoms with Crippen molar-refractivity contribution < 1.29 is 55.1 Å². The molecule has 74 heavy (non-hydrogen) atoms. The molecule has 0 aromatic heterocycles. The summed E-state index contributed by atoms with van der Waals surface area (Å²) in [6, 6.07) is 20.9. The summed E-state index contributed by atoms with van der Waals surface area (Å²) in [6.45, 7) is 7.44. The number of sulfonamides is 2. The van der Waals surface area contributed by atoms with Crippen molar-refractivity contribution in [1.29, 1.82) is 0 Å². The lowest BCUT2D eigenvalue weighted by molar-refractivity contribution is -0.135. The second-order valence-electron chi connectivity index (χ2n) is 20.2. The minimum atomic E-state index is -4.03. The highest BCUT2D eigenvalue weighted by Crippen LogP contribution is 2.38. The molecule has 0 bridgehead atoms. The van der Waals surface area contributed by atoms with Gasteiger partial charge in [-0.25, -0.2) is 35.9 Å². The van der Waals surface area contributed by atoms with Crippen LogP contribution in [0.1, 0.15) is 135 Å². The van der Waals surface area contributed by atoms with Gasteiger partial charge in [-0.3, -0.25) is 29.0 Å². The lowest BCUT2D eigenvalue weighted by Gasteiger charge is -2.37. The van der Waals surface area contributed by atoms with Crippen LogP contribution in [0.2, 0.25) is 0 Å². The topological polar surface area (TPSA) is 244 Å². The Bertz CT molecular complexity index is 2800. The Kier molecular flexibility index (Phi) is 16.9. The van der Waals surface area contributed by atoms with Gasteiger partial charge < -0.3 is 20.1 Å². The van der Waals surface area contributed by atoms with Gasteiger partial charge in [0, 0.05) is 36.3 Å². The molecule has 2 aliphatic carbocycles. The molecule has 0 atom stereocenters. The fraction of sp³-hybridized carbons (Fsp3) is 0.444. The van der Waals surface area contributed by atoms with E-state index >= 15 is 0 Å². The largest absolute Gasteiger partial charge is 0.497 e. The van der Waals surface area contributed by atoms with Crippen molar-refractivity contribution in [3.8, 4) is 11.5 Å². The number of amides is 8. The van der Waals surface area contributed by atoms with Gasteiger partial charge in [-0.15, -0.1) is 0 Å². The van der Waals surface area contributed by atoms with E-state index in [1.165, 1.54) is 48.3 Å². The number of carbonyl (C=O) groups is 6. The Hall–Kier alpha value is -6.80. The van der Waals surface area contributed by atoms with Gasteiger partial charge in [0.15, 0.2) is 0 Å². The molecule has 4 N–H and O–H groups in total. The fourth-order valence-electron chi connectivity index (χ4n) is 9.97. The Morgan fingerprint density at radius 1 is 0.527 bits per heavy atom. The molecular formula is C54H66N6O12S2. The van der Waals surface area contributed by atoms with Gasteiger partial charge in [-0.2, -0.15) is 0 Å². The van der Waals surface area contributed by atoms with Crippen molar-refractivity contribution in [3.05, 3.63) is 118 Å². The van der Waals surface area contributed by atoms with Crippen molar-refractivity contribution in [2.45, 2.75) is 137 Å². The first kappa shape index (κ1) is 55.0. The van der Waals surface area contributed by atoms with E-state index in [0.29, 0.717) is 46.6 Å². The molecular weight excluding hydrogens is 989 g/mol. The summed E-state index contributed by atoms with van der Waals surface area (Å²) >= 11 is 0. The molecule has 0 unspecified atom stereocenters. The van der Waals surface area contributed by atoms with E-state index in [0.717, 1.165) is 75.3 Å². The molecule has 0 saturated heterocycles. The molecule has 20 heteroatoms. The third kappa shape index (κ3) is 12.4. The van der Waals surface area contributed by atoms with E-state index in [-0.39, 0.29) is 58.6 Å². The Labute approximate surface area is 433 Å². The molecule has 18 nitrogen and oxygen atoms in total. The van der Waals surface area contributed by atoms with Crippen LogP contribution < -0.4 is 29.6 Å². The molecule has 2 heterocycles. The standard InChI is InChI=1S/2C27H33N3O6S/c2*1-27(2)23-14-11-20(36-3)17-22(23)24(31)30(25(27)32)16-15-18-9-12-21(13-10-18)37(34,35)29-26(33)28-19-7-5-4-6-8-19/h2*9-14,17,19H,4-8,15-16H2,1-3H3,(H2,28,29,33). The number of urea groups is 2. The van der Waals surface area contributed by atoms with Crippen molar-refractivity contribution in [1.82, 2.24) is 29.9 Å². The van der Waals surface area contributed by atoms with Crippen molar-refractivity contribution in [2.24, 2.45) is 0 Å². The zero-order valence-corrected chi connectivity index (χ0v) is 44.4. The number of hydrogen-bond donors (Lipinski definition) is 4. The van der Waals surface area contributed by atoms with Gasteiger partial charge in [0.1, 0.15) is 11.5 Å². The SMILES string of the molecule is COc1ccc2c(c1)C(=O)N(CCc1ccc(S(=O)(=O)NC(=O)NC3CCCCC3)cc1)C(=O)C2(C)C.COc1ccc2c(c1)C(=O)N(CCc1ccc(S(=O)(=O)NC(=O)NC3CCCCC3)cc1)C(=O)C2(C)C. The van der Waals surface area contributed by atoms with E-state index in [1.807, 2.05) is 0 Å². The fourth-order valence-corrected chi connectivity index (χ4v) is 11.8. The molecule has 2 saturated carbocycles. The number of rotatable bonds is 14. The minimum absolute atomic E-state index is 0.00966. The zero-order valence-electron chi connectivity index (χ0n) is 42.7. The van der Waals surface area contributed by atoms with Crippen LogP contribution in [0.3, 0.4) is 0 Å². The number of fused-ring (bicyclic) bond motifs is 2. The van der Waals surface area contributed by atoms with Crippen LogP contribution in [-0.2, 0) is 53.3 Å². The zero-order chi connectivity index (χ0) is 53.6. The molecule has 8 amide bonds. The Balaban J connectivity index is 0.000000216. The second-order valence-corrected chi connectivity index (χ2v) is 23.6. The van der Waals surface area contributed by atoms with E-state index in [9.17, 15) is 45.6 Å². The number of benzene rings is 4. The highest BCUT2D eigenvalue weighted by atomic mass is 32.2. The van der Waals surface area contributed by atoms with Crippen molar-refractivity contribution in [2.75, 3.05) is 27.3 Å². The number of nitrogens with zero attached hydrogens (tertiary/aromatic N) is 2. The molecule has 4 aromatic carbocycles. The number of hydrogen-bond acceptors (Lipinski definition) is 12. The molecule has 4 aromatic rings.